The number of hydrogen-bond acceptors (Lipinski definition) is 5. The average Bonchev–Trinajstić information content (AvgIpc) is 3.08. The first-order valence-electron chi connectivity index (χ1n) is 8.96. The third-order valence-corrected chi connectivity index (χ3v) is 5.19. The molecule has 0 aromatic heterocycles. The van der Waals surface area contributed by atoms with Crippen LogP contribution in [0.5, 0.6) is 5.75 Å². The molecule has 136 valence electrons. The number of carbonyl (C=O) groups excluding carboxylic acids is 2. The summed E-state index contributed by atoms with van der Waals surface area (Å²) in [5.41, 5.74) is 6.51. The number of nitrogens with zero attached hydrogens (tertiary/aromatic N) is 1. The fourth-order valence-corrected chi connectivity index (χ4v) is 3.31. The Hall–Kier alpha value is -2.08. The number of carbonyl (C=O) groups is 2. The summed E-state index contributed by atoms with van der Waals surface area (Å²) in [6.45, 7) is 2.57. The second kappa shape index (κ2) is 7.87. The first kappa shape index (κ1) is 17.7. The SMILES string of the molecule is COC(=O)c1cc(OCC2CCC2)cc(C(=O)N2CC[C@@H](CN)C2)c1. The van der Waals surface area contributed by atoms with Crippen LogP contribution < -0.4 is 10.5 Å². The lowest BCUT2D eigenvalue weighted by atomic mass is 9.86. The molecular formula is C19H26N2O4. The summed E-state index contributed by atoms with van der Waals surface area (Å²) < 4.78 is 10.7. The molecule has 6 heteroatoms. The van der Waals surface area contributed by atoms with E-state index in [1.165, 1.54) is 26.4 Å². The van der Waals surface area contributed by atoms with E-state index in [2.05, 4.69) is 0 Å². The highest BCUT2D eigenvalue weighted by Gasteiger charge is 2.27. The summed E-state index contributed by atoms with van der Waals surface area (Å²) in [4.78, 5) is 26.5. The van der Waals surface area contributed by atoms with Crippen molar-refractivity contribution in [2.75, 3.05) is 33.4 Å². The maximum atomic E-state index is 12.8. The lowest BCUT2D eigenvalue weighted by Crippen LogP contribution is -2.30. The Balaban J connectivity index is 1.78. The Morgan fingerprint density at radius 3 is 2.52 bits per heavy atom. The standard InChI is InChI=1S/C19H26N2O4/c1-24-19(23)16-7-15(18(22)21-6-5-14(10-20)11-21)8-17(9-16)25-12-13-3-2-4-13/h7-9,13-14H,2-6,10-12,20H2,1H3/t14-/m0/s1. The molecule has 0 spiro atoms. The van der Waals surface area contributed by atoms with E-state index < -0.39 is 5.97 Å². The summed E-state index contributed by atoms with van der Waals surface area (Å²) in [5.74, 6) is 0.916. The number of hydrogen-bond donors (Lipinski definition) is 1. The summed E-state index contributed by atoms with van der Waals surface area (Å²) in [5, 5.41) is 0. The molecule has 1 aliphatic carbocycles. The summed E-state index contributed by atoms with van der Waals surface area (Å²) in [6.07, 6.45) is 4.52. The lowest BCUT2D eigenvalue weighted by Gasteiger charge is -2.25. The van der Waals surface area contributed by atoms with Crippen LogP contribution >= 0.6 is 0 Å². The number of rotatable bonds is 6. The molecule has 1 saturated carbocycles. The van der Waals surface area contributed by atoms with E-state index in [9.17, 15) is 9.59 Å². The summed E-state index contributed by atoms with van der Waals surface area (Å²) in [6, 6.07) is 4.96. The quantitative estimate of drug-likeness (QED) is 0.798. The van der Waals surface area contributed by atoms with E-state index >= 15 is 0 Å². The zero-order valence-electron chi connectivity index (χ0n) is 14.7. The van der Waals surface area contributed by atoms with Crippen LogP contribution in [0.15, 0.2) is 18.2 Å². The molecule has 1 aromatic carbocycles. The van der Waals surface area contributed by atoms with Crippen LogP contribution in [0.25, 0.3) is 0 Å². The van der Waals surface area contributed by atoms with Crippen molar-refractivity contribution >= 4 is 11.9 Å². The van der Waals surface area contributed by atoms with E-state index in [1.807, 2.05) is 0 Å². The van der Waals surface area contributed by atoms with Gasteiger partial charge in [-0.05, 0) is 55.8 Å². The summed E-state index contributed by atoms with van der Waals surface area (Å²) in [7, 11) is 1.33. The molecule has 0 bridgehead atoms. The summed E-state index contributed by atoms with van der Waals surface area (Å²) >= 11 is 0. The van der Waals surface area contributed by atoms with Gasteiger partial charge in [-0.1, -0.05) is 6.42 Å². The number of amides is 1. The number of methoxy groups -OCH3 is 1. The van der Waals surface area contributed by atoms with Gasteiger partial charge < -0.3 is 20.1 Å². The van der Waals surface area contributed by atoms with Crippen LogP contribution in [0.1, 0.15) is 46.4 Å². The molecule has 1 atom stereocenters. The zero-order chi connectivity index (χ0) is 17.8. The number of benzene rings is 1. The number of esters is 1. The molecule has 2 N–H and O–H groups in total. The van der Waals surface area contributed by atoms with E-state index in [-0.39, 0.29) is 5.91 Å². The van der Waals surface area contributed by atoms with Gasteiger partial charge in [-0.15, -0.1) is 0 Å². The molecule has 0 unspecified atom stereocenters. The van der Waals surface area contributed by atoms with Gasteiger partial charge in [0.2, 0.25) is 0 Å². The molecule has 2 aliphatic rings. The van der Waals surface area contributed by atoms with Crippen molar-refractivity contribution in [3.8, 4) is 5.75 Å². The highest BCUT2D eigenvalue weighted by Crippen LogP contribution is 2.28. The fraction of sp³-hybridized carbons (Fsp3) is 0.579. The van der Waals surface area contributed by atoms with Crippen molar-refractivity contribution < 1.29 is 19.1 Å². The van der Waals surface area contributed by atoms with Crippen LogP contribution in [-0.2, 0) is 4.74 Å². The van der Waals surface area contributed by atoms with E-state index in [0.29, 0.717) is 55.0 Å². The van der Waals surface area contributed by atoms with Crippen molar-refractivity contribution in [1.82, 2.24) is 4.90 Å². The van der Waals surface area contributed by atoms with Crippen LogP contribution in [0.3, 0.4) is 0 Å². The molecule has 3 rings (SSSR count). The molecule has 25 heavy (non-hydrogen) atoms. The van der Waals surface area contributed by atoms with Gasteiger partial charge in [0.05, 0.1) is 19.3 Å². The predicted molar refractivity (Wildman–Crippen MR) is 93.7 cm³/mol. The van der Waals surface area contributed by atoms with Gasteiger partial charge in [0.15, 0.2) is 0 Å². The fourth-order valence-electron chi connectivity index (χ4n) is 3.31. The molecule has 1 aromatic rings. The van der Waals surface area contributed by atoms with E-state index in [4.69, 9.17) is 15.2 Å². The first-order valence-corrected chi connectivity index (χ1v) is 8.96. The molecule has 2 fully saturated rings. The van der Waals surface area contributed by atoms with Crippen molar-refractivity contribution in [3.05, 3.63) is 29.3 Å². The highest BCUT2D eigenvalue weighted by atomic mass is 16.5. The van der Waals surface area contributed by atoms with Crippen molar-refractivity contribution in [2.24, 2.45) is 17.6 Å². The van der Waals surface area contributed by atoms with Gasteiger partial charge in [-0.3, -0.25) is 4.79 Å². The zero-order valence-corrected chi connectivity index (χ0v) is 14.7. The topological polar surface area (TPSA) is 81.9 Å². The van der Waals surface area contributed by atoms with Gasteiger partial charge in [0.25, 0.3) is 5.91 Å². The Morgan fingerprint density at radius 1 is 1.16 bits per heavy atom. The second-order valence-electron chi connectivity index (χ2n) is 6.99. The third kappa shape index (κ3) is 4.12. The molecule has 1 amide bonds. The van der Waals surface area contributed by atoms with Crippen molar-refractivity contribution in [2.45, 2.75) is 25.7 Å². The Bertz CT molecular complexity index is 642. The normalized spacial score (nSPS) is 20.2. The van der Waals surface area contributed by atoms with Crippen LogP contribution in [0, 0.1) is 11.8 Å². The number of nitrogens with two attached hydrogens (primary N) is 1. The van der Waals surface area contributed by atoms with Crippen molar-refractivity contribution in [1.29, 1.82) is 0 Å². The Morgan fingerprint density at radius 2 is 1.92 bits per heavy atom. The minimum atomic E-state index is -0.468. The number of likely N-dealkylation sites (tertiary alicyclic amines) is 1. The van der Waals surface area contributed by atoms with Crippen LogP contribution in [-0.4, -0.2) is 50.1 Å². The smallest absolute Gasteiger partial charge is 0.338 e. The molecule has 1 aliphatic heterocycles. The van der Waals surface area contributed by atoms with E-state index in [0.717, 1.165) is 6.42 Å². The molecule has 1 heterocycles. The van der Waals surface area contributed by atoms with Gasteiger partial charge >= 0.3 is 5.97 Å². The predicted octanol–water partition coefficient (Wildman–Crippen LogP) is 2.07. The van der Waals surface area contributed by atoms with Crippen LogP contribution in [0.4, 0.5) is 0 Å². The van der Waals surface area contributed by atoms with Crippen molar-refractivity contribution in [3.63, 3.8) is 0 Å². The molecule has 6 nitrogen and oxygen atoms in total. The maximum absolute atomic E-state index is 12.8. The molecular weight excluding hydrogens is 320 g/mol. The van der Waals surface area contributed by atoms with Gasteiger partial charge in [-0.2, -0.15) is 0 Å². The molecule has 0 radical (unpaired) electrons. The van der Waals surface area contributed by atoms with Gasteiger partial charge in [-0.25, -0.2) is 4.79 Å². The third-order valence-electron chi connectivity index (χ3n) is 5.19. The monoisotopic (exact) mass is 346 g/mol. The van der Waals surface area contributed by atoms with Gasteiger partial charge in [0.1, 0.15) is 5.75 Å². The van der Waals surface area contributed by atoms with Gasteiger partial charge in [0, 0.05) is 18.7 Å². The van der Waals surface area contributed by atoms with E-state index in [1.54, 1.807) is 23.1 Å². The second-order valence-corrected chi connectivity index (χ2v) is 6.99. The average molecular weight is 346 g/mol. The Kier molecular flexibility index (Phi) is 5.58. The minimum absolute atomic E-state index is 0.0878. The highest BCUT2D eigenvalue weighted by molar-refractivity contribution is 5.98. The minimum Gasteiger partial charge on any atom is -0.493 e. The number of ether oxygens (including phenoxy) is 2. The van der Waals surface area contributed by atoms with Crippen LogP contribution in [0.2, 0.25) is 0 Å². The largest absolute Gasteiger partial charge is 0.493 e. The lowest BCUT2D eigenvalue weighted by molar-refractivity contribution is 0.0600. The molecule has 1 saturated heterocycles. The first-order chi connectivity index (χ1) is 12.1. The maximum Gasteiger partial charge on any atom is 0.338 e. The Labute approximate surface area is 148 Å².